The highest BCUT2D eigenvalue weighted by atomic mass is 15.4. The molecule has 0 radical (unpaired) electrons. The van der Waals surface area contributed by atoms with E-state index in [0.717, 1.165) is 62.6 Å². The lowest BCUT2D eigenvalue weighted by atomic mass is 10.3. The van der Waals surface area contributed by atoms with Gasteiger partial charge in [0, 0.05) is 26.2 Å². The van der Waals surface area contributed by atoms with E-state index in [4.69, 9.17) is 0 Å². The molecule has 8 nitrogen and oxygen atoms in total. The second kappa shape index (κ2) is 3.85. The maximum absolute atomic E-state index is 4.28. The van der Waals surface area contributed by atoms with Gasteiger partial charge in [0.05, 0.1) is 13.1 Å². The molecule has 2 N–H and O–H groups in total. The molecule has 2 aliphatic rings. The molecule has 0 atom stereocenters. The molecule has 0 amide bonds. The van der Waals surface area contributed by atoms with E-state index in [-0.39, 0.29) is 0 Å². The van der Waals surface area contributed by atoms with Crippen LogP contribution in [0, 0.1) is 0 Å². The van der Waals surface area contributed by atoms with Crippen molar-refractivity contribution in [1.82, 2.24) is 40.2 Å². The van der Waals surface area contributed by atoms with Crippen molar-refractivity contribution < 1.29 is 0 Å². The Morgan fingerprint density at radius 2 is 1.22 bits per heavy atom. The van der Waals surface area contributed by atoms with Gasteiger partial charge in [-0.05, 0) is 0 Å². The molecule has 0 bridgehead atoms. The summed E-state index contributed by atoms with van der Waals surface area (Å²) in [5.41, 5.74) is 0. The van der Waals surface area contributed by atoms with Gasteiger partial charge < -0.3 is 19.8 Å². The summed E-state index contributed by atoms with van der Waals surface area (Å²) in [7, 11) is 0. The molecule has 0 saturated carbocycles. The molecule has 2 aromatic heterocycles. The molecule has 2 aromatic rings. The van der Waals surface area contributed by atoms with Gasteiger partial charge in [-0.1, -0.05) is 0 Å². The monoisotopic (exact) mass is 246 g/mol. The van der Waals surface area contributed by atoms with Crippen LogP contribution >= 0.6 is 0 Å². The molecule has 18 heavy (non-hydrogen) atoms. The van der Waals surface area contributed by atoms with E-state index in [1.807, 2.05) is 0 Å². The van der Waals surface area contributed by atoms with Gasteiger partial charge in [0.15, 0.2) is 0 Å². The van der Waals surface area contributed by atoms with Crippen LogP contribution in [0.5, 0.6) is 0 Å². The standard InChI is InChI=1S/C10H14N8/c1-3-17-7(5-11-1)13-15-9(17)10-16-14-8-6-12-2-4-18(8)10/h11-12H,1-6H2. The maximum atomic E-state index is 4.28. The topological polar surface area (TPSA) is 85.5 Å². The van der Waals surface area contributed by atoms with Crippen LogP contribution in [-0.2, 0) is 26.2 Å². The Kier molecular flexibility index (Phi) is 2.17. The van der Waals surface area contributed by atoms with Gasteiger partial charge in [0.25, 0.3) is 0 Å². The second-order valence-corrected chi connectivity index (χ2v) is 4.54. The third-order valence-corrected chi connectivity index (χ3v) is 3.45. The predicted molar refractivity (Wildman–Crippen MR) is 62.5 cm³/mol. The fraction of sp³-hybridized carbons (Fsp3) is 0.600. The second-order valence-electron chi connectivity index (χ2n) is 4.54. The van der Waals surface area contributed by atoms with E-state index >= 15 is 0 Å². The number of aromatic nitrogens is 6. The first kappa shape index (κ1) is 10.2. The van der Waals surface area contributed by atoms with Crippen LogP contribution < -0.4 is 10.6 Å². The van der Waals surface area contributed by atoms with Crippen LogP contribution in [0.4, 0.5) is 0 Å². The summed E-state index contributed by atoms with van der Waals surface area (Å²) in [5.74, 6) is 3.63. The number of nitrogens with zero attached hydrogens (tertiary/aromatic N) is 6. The van der Waals surface area contributed by atoms with E-state index in [0.29, 0.717) is 0 Å². The predicted octanol–water partition coefficient (Wildman–Crippen LogP) is -1.26. The van der Waals surface area contributed by atoms with Crippen molar-refractivity contribution in [1.29, 1.82) is 0 Å². The van der Waals surface area contributed by atoms with Gasteiger partial charge in [0.1, 0.15) is 11.6 Å². The summed E-state index contributed by atoms with van der Waals surface area (Å²) >= 11 is 0. The molecule has 0 unspecified atom stereocenters. The molecule has 4 heterocycles. The van der Waals surface area contributed by atoms with Crippen molar-refractivity contribution >= 4 is 0 Å². The lowest BCUT2D eigenvalue weighted by Gasteiger charge is -2.18. The lowest BCUT2D eigenvalue weighted by molar-refractivity contribution is 0.496. The van der Waals surface area contributed by atoms with Gasteiger partial charge in [-0.25, -0.2) is 0 Å². The van der Waals surface area contributed by atoms with E-state index < -0.39 is 0 Å². The van der Waals surface area contributed by atoms with Crippen LogP contribution in [0.1, 0.15) is 11.6 Å². The number of rotatable bonds is 1. The van der Waals surface area contributed by atoms with Crippen LogP contribution in [0.3, 0.4) is 0 Å². The normalized spacial score (nSPS) is 18.4. The first-order valence-corrected chi connectivity index (χ1v) is 6.19. The van der Waals surface area contributed by atoms with E-state index in [9.17, 15) is 0 Å². The van der Waals surface area contributed by atoms with Crippen molar-refractivity contribution in [2.75, 3.05) is 13.1 Å². The smallest absolute Gasteiger partial charge is 0.202 e. The average molecular weight is 246 g/mol. The third kappa shape index (κ3) is 1.39. The summed E-state index contributed by atoms with van der Waals surface area (Å²) in [4.78, 5) is 0. The zero-order chi connectivity index (χ0) is 11.9. The minimum Gasteiger partial charge on any atom is -0.308 e. The van der Waals surface area contributed by atoms with Crippen LogP contribution in [0.2, 0.25) is 0 Å². The number of hydrogen-bond donors (Lipinski definition) is 2. The van der Waals surface area contributed by atoms with Crippen molar-refractivity contribution in [3.05, 3.63) is 11.6 Å². The minimum absolute atomic E-state index is 0.773. The van der Waals surface area contributed by atoms with Crippen molar-refractivity contribution in [3.63, 3.8) is 0 Å². The van der Waals surface area contributed by atoms with Crippen molar-refractivity contribution in [3.8, 4) is 11.6 Å². The molecule has 0 spiro atoms. The van der Waals surface area contributed by atoms with Gasteiger partial charge in [0.2, 0.25) is 11.6 Å². The van der Waals surface area contributed by atoms with Gasteiger partial charge in [-0.3, -0.25) is 0 Å². The number of hydrogen-bond acceptors (Lipinski definition) is 6. The molecule has 0 saturated heterocycles. The summed E-state index contributed by atoms with van der Waals surface area (Å²) in [5, 5.41) is 23.6. The van der Waals surface area contributed by atoms with Crippen molar-refractivity contribution in [2.45, 2.75) is 26.2 Å². The van der Waals surface area contributed by atoms with Gasteiger partial charge in [-0.15, -0.1) is 20.4 Å². The maximum Gasteiger partial charge on any atom is 0.202 e. The van der Waals surface area contributed by atoms with Gasteiger partial charge >= 0.3 is 0 Å². The lowest BCUT2D eigenvalue weighted by Crippen LogP contribution is -2.30. The van der Waals surface area contributed by atoms with Gasteiger partial charge in [-0.2, -0.15) is 0 Å². The Morgan fingerprint density at radius 3 is 1.72 bits per heavy atom. The fourth-order valence-electron chi connectivity index (χ4n) is 2.52. The Labute approximate surface area is 103 Å². The molecule has 8 heteroatoms. The highest BCUT2D eigenvalue weighted by Gasteiger charge is 2.23. The van der Waals surface area contributed by atoms with Crippen LogP contribution in [-0.4, -0.2) is 42.6 Å². The summed E-state index contributed by atoms with van der Waals surface area (Å²) < 4.78 is 4.27. The third-order valence-electron chi connectivity index (χ3n) is 3.45. The molecule has 4 rings (SSSR count). The first-order chi connectivity index (χ1) is 8.93. The summed E-state index contributed by atoms with van der Waals surface area (Å²) in [6.07, 6.45) is 0. The van der Waals surface area contributed by atoms with Crippen LogP contribution in [0.25, 0.3) is 11.6 Å². The fourth-order valence-corrected chi connectivity index (χ4v) is 2.52. The molecular weight excluding hydrogens is 232 g/mol. The molecule has 2 aliphatic heterocycles. The zero-order valence-corrected chi connectivity index (χ0v) is 9.93. The minimum atomic E-state index is 0.773. The Morgan fingerprint density at radius 1 is 0.722 bits per heavy atom. The van der Waals surface area contributed by atoms with E-state index in [2.05, 4.69) is 40.2 Å². The largest absolute Gasteiger partial charge is 0.308 e. The number of fused-ring (bicyclic) bond motifs is 2. The summed E-state index contributed by atoms with van der Waals surface area (Å²) in [6, 6.07) is 0. The quantitative estimate of drug-likeness (QED) is 0.653. The molecular formula is C10H14N8. The SMILES string of the molecule is C1Cn2c(nnc2-c2nnc3n2CCNC3)CN1. The molecule has 0 aromatic carbocycles. The summed E-state index contributed by atoms with van der Waals surface area (Å²) in [6.45, 7) is 5.21. The Hall–Kier alpha value is -1.80. The van der Waals surface area contributed by atoms with E-state index in [1.54, 1.807) is 0 Å². The zero-order valence-electron chi connectivity index (χ0n) is 9.93. The molecule has 0 aliphatic carbocycles. The Balaban J connectivity index is 1.83. The Bertz CT molecular complexity index is 530. The van der Waals surface area contributed by atoms with E-state index in [1.165, 1.54) is 0 Å². The number of nitrogens with one attached hydrogen (secondary N) is 2. The van der Waals surface area contributed by atoms with Crippen LogP contribution in [0.15, 0.2) is 0 Å². The van der Waals surface area contributed by atoms with Crippen molar-refractivity contribution in [2.24, 2.45) is 0 Å². The molecule has 0 fully saturated rings. The molecule has 94 valence electrons. The first-order valence-electron chi connectivity index (χ1n) is 6.19. The average Bonchev–Trinajstić information content (AvgIpc) is 3.01. The highest BCUT2D eigenvalue weighted by molar-refractivity contribution is 5.45. The highest BCUT2D eigenvalue weighted by Crippen LogP contribution is 2.19.